The molecule has 0 atom stereocenters. The van der Waals surface area contributed by atoms with E-state index in [0.29, 0.717) is 11.1 Å². The van der Waals surface area contributed by atoms with Gasteiger partial charge in [-0.1, -0.05) is 24.3 Å². The maximum Gasteiger partial charge on any atom is 0.416 e. The molecule has 0 spiro atoms. The number of nitrogens with zero attached hydrogens (tertiary/aromatic N) is 4. The van der Waals surface area contributed by atoms with Crippen molar-refractivity contribution < 1.29 is 13.2 Å². The normalized spacial score (nSPS) is 15.9. The molecule has 4 rings (SSSR count). The Labute approximate surface area is 189 Å². The van der Waals surface area contributed by atoms with Gasteiger partial charge in [-0.05, 0) is 49.3 Å². The highest BCUT2D eigenvalue weighted by Crippen LogP contribution is 2.32. The predicted molar refractivity (Wildman–Crippen MR) is 119 cm³/mol. The minimum atomic E-state index is -4.33. The van der Waals surface area contributed by atoms with Crippen LogP contribution in [0.1, 0.15) is 28.8 Å². The molecule has 0 N–H and O–H groups in total. The van der Waals surface area contributed by atoms with Gasteiger partial charge in [0.2, 0.25) is 0 Å². The Bertz CT molecular complexity index is 1070. The van der Waals surface area contributed by atoms with Gasteiger partial charge in [0.25, 0.3) is 0 Å². The first-order valence-corrected chi connectivity index (χ1v) is 11.3. The van der Waals surface area contributed by atoms with Crippen LogP contribution >= 0.6 is 11.3 Å². The summed E-state index contributed by atoms with van der Waals surface area (Å²) in [5, 5.41) is 11.7. The smallest absolute Gasteiger partial charge is 0.298 e. The number of rotatable bonds is 5. The van der Waals surface area contributed by atoms with Gasteiger partial charge in [0.05, 0.1) is 22.9 Å². The summed E-state index contributed by atoms with van der Waals surface area (Å²) in [6.07, 6.45) is -3.26. The summed E-state index contributed by atoms with van der Waals surface area (Å²) in [4.78, 5) is 9.46. The second kappa shape index (κ2) is 9.82. The number of hydrogen-bond acceptors (Lipinski definition) is 5. The van der Waals surface area contributed by atoms with Gasteiger partial charge in [0, 0.05) is 37.1 Å². The van der Waals surface area contributed by atoms with Crippen molar-refractivity contribution in [3.63, 3.8) is 0 Å². The van der Waals surface area contributed by atoms with E-state index in [1.54, 1.807) is 0 Å². The van der Waals surface area contributed by atoms with Crippen molar-refractivity contribution in [1.29, 1.82) is 5.26 Å². The van der Waals surface area contributed by atoms with E-state index in [1.807, 2.05) is 29.6 Å². The van der Waals surface area contributed by atoms with Crippen LogP contribution < -0.4 is 0 Å². The maximum atomic E-state index is 12.8. The zero-order valence-electron chi connectivity index (χ0n) is 17.5. The Morgan fingerprint density at radius 3 is 2.19 bits per heavy atom. The van der Waals surface area contributed by atoms with E-state index in [2.05, 4.69) is 20.9 Å². The van der Waals surface area contributed by atoms with Gasteiger partial charge in [-0.2, -0.15) is 18.4 Å². The van der Waals surface area contributed by atoms with Crippen molar-refractivity contribution in [1.82, 2.24) is 14.8 Å². The first-order valence-electron chi connectivity index (χ1n) is 10.5. The SMILES string of the molecule is N#Cc1ccc(CN2CCCN(Cc3csc(-c4ccc(C(F)(F)F)cc4)n3)CC2)cc1. The van der Waals surface area contributed by atoms with Crippen LogP contribution in [0.25, 0.3) is 10.6 Å². The molecule has 2 aromatic carbocycles. The van der Waals surface area contributed by atoms with Crippen LogP contribution in [0.4, 0.5) is 13.2 Å². The summed E-state index contributed by atoms with van der Waals surface area (Å²) in [6, 6.07) is 15.1. The molecule has 166 valence electrons. The number of alkyl halides is 3. The highest BCUT2D eigenvalue weighted by atomic mass is 32.1. The molecule has 32 heavy (non-hydrogen) atoms. The van der Waals surface area contributed by atoms with Crippen LogP contribution in [0.15, 0.2) is 53.9 Å². The second-order valence-corrected chi connectivity index (χ2v) is 8.79. The van der Waals surface area contributed by atoms with E-state index in [9.17, 15) is 13.2 Å². The molecule has 1 fully saturated rings. The van der Waals surface area contributed by atoms with Gasteiger partial charge in [-0.25, -0.2) is 4.98 Å². The van der Waals surface area contributed by atoms with Crippen LogP contribution in [-0.4, -0.2) is 41.0 Å². The molecule has 0 amide bonds. The Hall–Kier alpha value is -2.73. The molecule has 0 radical (unpaired) electrons. The monoisotopic (exact) mass is 456 g/mol. The standard InChI is InChI=1S/C24H23F3N4S/c25-24(26,27)21-8-6-20(7-9-21)23-29-22(17-32-23)16-31-11-1-10-30(12-13-31)15-19-4-2-18(14-28)3-5-19/h2-9,17H,1,10-13,15-16H2. The molecule has 1 aliphatic heterocycles. The van der Waals surface area contributed by atoms with E-state index >= 15 is 0 Å². The first kappa shape index (κ1) is 22.5. The summed E-state index contributed by atoms with van der Waals surface area (Å²) in [5.41, 5.74) is 2.89. The quantitative estimate of drug-likeness (QED) is 0.515. The molecule has 4 nitrogen and oxygen atoms in total. The summed E-state index contributed by atoms with van der Waals surface area (Å²) in [6.45, 7) is 5.50. The minimum absolute atomic E-state index is 0.645. The minimum Gasteiger partial charge on any atom is -0.298 e. The van der Waals surface area contributed by atoms with Crippen LogP contribution in [0.3, 0.4) is 0 Å². The molecule has 0 unspecified atom stereocenters. The van der Waals surface area contributed by atoms with Crippen molar-refractivity contribution in [2.75, 3.05) is 26.2 Å². The third-order valence-corrected chi connectivity index (χ3v) is 6.51. The van der Waals surface area contributed by atoms with Crippen LogP contribution in [0.2, 0.25) is 0 Å². The summed E-state index contributed by atoms with van der Waals surface area (Å²) < 4.78 is 38.3. The molecule has 0 saturated carbocycles. The molecular weight excluding hydrogens is 433 g/mol. The van der Waals surface area contributed by atoms with E-state index < -0.39 is 11.7 Å². The highest BCUT2D eigenvalue weighted by Gasteiger charge is 2.30. The molecule has 2 heterocycles. The first-order chi connectivity index (χ1) is 15.4. The van der Waals surface area contributed by atoms with Crippen molar-refractivity contribution >= 4 is 11.3 Å². The number of thiazole rings is 1. The molecule has 1 aromatic heterocycles. The fourth-order valence-electron chi connectivity index (χ4n) is 3.83. The van der Waals surface area contributed by atoms with Crippen LogP contribution in [0, 0.1) is 11.3 Å². The van der Waals surface area contributed by atoms with Crippen LogP contribution in [-0.2, 0) is 19.3 Å². The van der Waals surface area contributed by atoms with Gasteiger partial charge in [0.1, 0.15) is 5.01 Å². The third kappa shape index (κ3) is 5.74. The third-order valence-electron chi connectivity index (χ3n) is 5.57. The van der Waals surface area contributed by atoms with Crippen molar-refractivity contribution in [2.45, 2.75) is 25.7 Å². The molecule has 0 bridgehead atoms. The largest absolute Gasteiger partial charge is 0.416 e. The molecular formula is C24H23F3N4S. The van der Waals surface area contributed by atoms with Gasteiger partial charge >= 0.3 is 6.18 Å². The summed E-state index contributed by atoms with van der Waals surface area (Å²) in [7, 11) is 0. The fraction of sp³-hybridized carbons (Fsp3) is 0.333. The molecule has 0 aliphatic carbocycles. The van der Waals surface area contributed by atoms with Crippen LogP contribution in [0.5, 0.6) is 0 Å². The van der Waals surface area contributed by atoms with Crippen molar-refractivity contribution in [3.8, 4) is 16.6 Å². The van der Waals surface area contributed by atoms with Gasteiger partial charge in [-0.3, -0.25) is 9.80 Å². The average molecular weight is 457 g/mol. The zero-order chi connectivity index (χ0) is 22.6. The van der Waals surface area contributed by atoms with Gasteiger partial charge < -0.3 is 0 Å². The van der Waals surface area contributed by atoms with E-state index in [1.165, 1.54) is 29.0 Å². The number of halogens is 3. The Morgan fingerprint density at radius 2 is 1.56 bits per heavy atom. The number of benzene rings is 2. The maximum absolute atomic E-state index is 12.8. The molecule has 3 aromatic rings. The molecule has 1 saturated heterocycles. The second-order valence-electron chi connectivity index (χ2n) is 7.93. The molecule has 8 heteroatoms. The van der Waals surface area contributed by atoms with Crippen molar-refractivity contribution in [3.05, 3.63) is 76.3 Å². The number of nitriles is 1. The van der Waals surface area contributed by atoms with Crippen molar-refractivity contribution in [2.24, 2.45) is 0 Å². The summed E-state index contributed by atoms with van der Waals surface area (Å²) in [5.74, 6) is 0. The topological polar surface area (TPSA) is 43.2 Å². The zero-order valence-corrected chi connectivity index (χ0v) is 18.3. The highest BCUT2D eigenvalue weighted by molar-refractivity contribution is 7.13. The molecule has 1 aliphatic rings. The summed E-state index contributed by atoms with van der Waals surface area (Å²) >= 11 is 1.46. The lowest BCUT2D eigenvalue weighted by molar-refractivity contribution is -0.137. The fourth-order valence-corrected chi connectivity index (χ4v) is 4.64. The van der Waals surface area contributed by atoms with Gasteiger partial charge in [-0.15, -0.1) is 11.3 Å². The Morgan fingerprint density at radius 1 is 0.906 bits per heavy atom. The lowest BCUT2D eigenvalue weighted by atomic mass is 10.1. The lowest BCUT2D eigenvalue weighted by Gasteiger charge is -2.21. The Kier molecular flexibility index (Phi) is 6.89. The average Bonchev–Trinajstić information content (AvgIpc) is 3.14. The number of aromatic nitrogens is 1. The van der Waals surface area contributed by atoms with Gasteiger partial charge in [0.15, 0.2) is 0 Å². The van der Waals surface area contributed by atoms with E-state index in [4.69, 9.17) is 5.26 Å². The Balaban J connectivity index is 1.32. The van der Waals surface area contributed by atoms with E-state index in [0.717, 1.165) is 68.5 Å². The van der Waals surface area contributed by atoms with E-state index in [-0.39, 0.29) is 0 Å². The number of hydrogen-bond donors (Lipinski definition) is 0. The lowest BCUT2D eigenvalue weighted by Crippen LogP contribution is -2.30. The predicted octanol–water partition coefficient (Wildman–Crippen LogP) is 5.41.